The molecule has 28 heavy (non-hydrogen) atoms. The molecule has 0 radical (unpaired) electrons. The molecule has 0 spiro atoms. The molecule has 2 aliphatic rings. The van der Waals surface area contributed by atoms with E-state index < -0.39 is 5.97 Å². The van der Waals surface area contributed by atoms with E-state index in [4.69, 9.17) is 14.6 Å². The number of ether oxygens (including phenoxy) is 2. The van der Waals surface area contributed by atoms with Crippen LogP contribution in [0, 0.1) is 0 Å². The number of unbranched alkanes of at least 4 members (excludes halogenated alkanes) is 7. The van der Waals surface area contributed by atoms with Gasteiger partial charge in [0, 0.05) is 12.8 Å². The first kappa shape index (κ1) is 23.2. The van der Waals surface area contributed by atoms with Crippen LogP contribution in [0.25, 0.3) is 0 Å². The molecule has 4 heteroatoms. The van der Waals surface area contributed by atoms with Crippen molar-refractivity contribution < 1.29 is 19.4 Å². The largest absolute Gasteiger partial charge is 0.481 e. The molecular weight excluding hydrogens is 352 g/mol. The Hall–Kier alpha value is -1.13. The van der Waals surface area contributed by atoms with Gasteiger partial charge in [0.25, 0.3) is 0 Å². The lowest BCUT2D eigenvalue weighted by Crippen LogP contribution is -2.02. The Morgan fingerprint density at radius 3 is 2.29 bits per heavy atom. The van der Waals surface area contributed by atoms with Crippen molar-refractivity contribution >= 4 is 5.97 Å². The van der Waals surface area contributed by atoms with E-state index in [-0.39, 0.29) is 12.5 Å². The molecule has 0 aromatic carbocycles. The molecule has 0 aliphatic carbocycles. The minimum absolute atomic E-state index is 0.243. The summed E-state index contributed by atoms with van der Waals surface area (Å²) in [5.41, 5.74) is 0. The summed E-state index contributed by atoms with van der Waals surface area (Å²) in [7, 11) is 0. The SMILES string of the molecule is CCCCCCCCCC=CCC=CCC1OC1CC1OC1CCCC(=O)O. The van der Waals surface area contributed by atoms with Crippen LogP contribution >= 0.6 is 0 Å². The van der Waals surface area contributed by atoms with E-state index in [9.17, 15) is 4.79 Å². The number of hydrogen-bond acceptors (Lipinski definition) is 3. The molecule has 2 rings (SSSR count). The van der Waals surface area contributed by atoms with Gasteiger partial charge in [0.1, 0.15) is 0 Å². The highest BCUT2D eigenvalue weighted by Crippen LogP contribution is 2.38. The highest BCUT2D eigenvalue weighted by molar-refractivity contribution is 5.66. The fourth-order valence-corrected chi connectivity index (χ4v) is 3.76. The fraction of sp³-hybridized carbons (Fsp3) is 0.792. The molecule has 160 valence electrons. The second-order valence-corrected chi connectivity index (χ2v) is 8.27. The summed E-state index contributed by atoms with van der Waals surface area (Å²) in [5, 5.41) is 8.65. The van der Waals surface area contributed by atoms with Gasteiger partial charge in [-0.3, -0.25) is 4.79 Å². The summed E-state index contributed by atoms with van der Waals surface area (Å²) in [6, 6.07) is 0. The zero-order valence-electron chi connectivity index (χ0n) is 17.7. The molecule has 4 atom stereocenters. The van der Waals surface area contributed by atoms with Crippen LogP contribution in [0.15, 0.2) is 24.3 Å². The first-order valence-electron chi connectivity index (χ1n) is 11.5. The number of hydrogen-bond donors (Lipinski definition) is 1. The lowest BCUT2D eigenvalue weighted by Gasteiger charge is -1.98. The molecule has 4 nitrogen and oxygen atoms in total. The lowest BCUT2D eigenvalue weighted by molar-refractivity contribution is -0.137. The Morgan fingerprint density at radius 1 is 0.821 bits per heavy atom. The summed E-state index contributed by atoms with van der Waals surface area (Å²) in [5.74, 6) is -0.720. The van der Waals surface area contributed by atoms with Gasteiger partial charge in [-0.05, 0) is 38.5 Å². The van der Waals surface area contributed by atoms with Crippen molar-refractivity contribution in [1.82, 2.24) is 0 Å². The Morgan fingerprint density at radius 2 is 1.50 bits per heavy atom. The van der Waals surface area contributed by atoms with Crippen LogP contribution in [0.1, 0.15) is 96.8 Å². The Labute approximate surface area is 171 Å². The third-order valence-corrected chi connectivity index (χ3v) is 5.67. The Balaban J connectivity index is 1.36. The third-order valence-electron chi connectivity index (χ3n) is 5.67. The minimum atomic E-state index is -0.720. The number of allylic oxidation sites excluding steroid dienone is 3. The molecule has 0 saturated carbocycles. The lowest BCUT2D eigenvalue weighted by atomic mass is 10.1. The van der Waals surface area contributed by atoms with E-state index in [1.165, 1.54) is 51.4 Å². The first-order chi connectivity index (χ1) is 13.7. The predicted molar refractivity (Wildman–Crippen MR) is 114 cm³/mol. The summed E-state index contributed by atoms with van der Waals surface area (Å²) in [4.78, 5) is 10.5. The number of rotatable bonds is 18. The molecule has 0 aromatic heterocycles. The molecule has 2 heterocycles. The smallest absolute Gasteiger partial charge is 0.303 e. The first-order valence-corrected chi connectivity index (χ1v) is 11.5. The van der Waals surface area contributed by atoms with Gasteiger partial charge >= 0.3 is 5.97 Å². The van der Waals surface area contributed by atoms with Crippen molar-refractivity contribution in [2.75, 3.05) is 0 Å². The Bertz CT molecular complexity index is 485. The van der Waals surface area contributed by atoms with E-state index >= 15 is 0 Å². The Kier molecular flexibility index (Phi) is 11.5. The molecule has 0 bridgehead atoms. The maximum absolute atomic E-state index is 10.5. The summed E-state index contributed by atoms with van der Waals surface area (Å²) < 4.78 is 11.3. The molecule has 2 saturated heterocycles. The number of epoxide rings is 2. The van der Waals surface area contributed by atoms with E-state index in [0.29, 0.717) is 24.7 Å². The third kappa shape index (κ3) is 11.0. The van der Waals surface area contributed by atoms with E-state index in [1.807, 2.05) is 0 Å². The van der Waals surface area contributed by atoms with Crippen molar-refractivity contribution in [1.29, 1.82) is 0 Å². The van der Waals surface area contributed by atoms with Gasteiger partial charge in [0.15, 0.2) is 0 Å². The van der Waals surface area contributed by atoms with Gasteiger partial charge in [-0.25, -0.2) is 0 Å². The summed E-state index contributed by atoms with van der Waals surface area (Å²) in [6.07, 6.45) is 26.0. The number of carboxylic acids is 1. The van der Waals surface area contributed by atoms with E-state index in [0.717, 1.165) is 25.7 Å². The predicted octanol–water partition coefficient (Wildman–Crippen LogP) is 6.20. The van der Waals surface area contributed by atoms with Gasteiger partial charge in [0.2, 0.25) is 0 Å². The number of carbonyl (C=O) groups is 1. The van der Waals surface area contributed by atoms with Gasteiger partial charge in [-0.1, -0.05) is 69.8 Å². The van der Waals surface area contributed by atoms with Crippen molar-refractivity contribution in [2.45, 2.75) is 121 Å². The topological polar surface area (TPSA) is 62.4 Å². The second-order valence-electron chi connectivity index (χ2n) is 8.27. The second kappa shape index (κ2) is 13.9. The van der Waals surface area contributed by atoms with Crippen LogP contribution < -0.4 is 0 Å². The maximum Gasteiger partial charge on any atom is 0.303 e. The van der Waals surface area contributed by atoms with Crippen molar-refractivity contribution in [3.8, 4) is 0 Å². The molecule has 1 N–H and O–H groups in total. The van der Waals surface area contributed by atoms with Crippen LogP contribution in [0.5, 0.6) is 0 Å². The van der Waals surface area contributed by atoms with Gasteiger partial charge in [0.05, 0.1) is 24.4 Å². The zero-order chi connectivity index (χ0) is 20.0. The average Bonchev–Trinajstić information content (AvgIpc) is 3.58. The van der Waals surface area contributed by atoms with Crippen LogP contribution in [0.3, 0.4) is 0 Å². The fourth-order valence-electron chi connectivity index (χ4n) is 3.76. The normalized spacial score (nSPS) is 26.3. The van der Waals surface area contributed by atoms with Crippen LogP contribution in [-0.2, 0) is 14.3 Å². The van der Waals surface area contributed by atoms with Crippen LogP contribution in [-0.4, -0.2) is 35.5 Å². The molecule has 4 unspecified atom stereocenters. The highest BCUT2D eigenvalue weighted by Gasteiger charge is 2.47. The quantitative estimate of drug-likeness (QED) is 0.171. The van der Waals surface area contributed by atoms with Crippen LogP contribution in [0.4, 0.5) is 0 Å². The van der Waals surface area contributed by atoms with Gasteiger partial charge in [-0.15, -0.1) is 0 Å². The molecule has 2 fully saturated rings. The van der Waals surface area contributed by atoms with Crippen molar-refractivity contribution in [3.63, 3.8) is 0 Å². The van der Waals surface area contributed by atoms with Gasteiger partial charge in [-0.2, -0.15) is 0 Å². The molecule has 0 amide bonds. The minimum Gasteiger partial charge on any atom is -0.481 e. The van der Waals surface area contributed by atoms with Crippen LogP contribution in [0.2, 0.25) is 0 Å². The zero-order valence-corrected chi connectivity index (χ0v) is 17.7. The number of carboxylic acid groups (broad SMARTS) is 1. The molecule has 0 aromatic rings. The van der Waals surface area contributed by atoms with Crippen molar-refractivity contribution in [2.24, 2.45) is 0 Å². The summed E-state index contributed by atoms with van der Waals surface area (Å²) >= 11 is 0. The van der Waals surface area contributed by atoms with E-state index in [1.54, 1.807) is 0 Å². The highest BCUT2D eigenvalue weighted by atomic mass is 16.6. The average molecular weight is 393 g/mol. The van der Waals surface area contributed by atoms with Gasteiger partial charge < -0.3 is 14.6 Å². The van der Waals surface area contributed by atoms with Crippen molar-refractivity contribution in [3.05, 3.63) is 24.3 Å². The summed E-state index contributed by atoms with van der Waals surface area (Å²) in [6.45, 7) is 2.27. The standard InChI is InChI=1S/C24H40O4/c1-2-3-4-5-6-7-8-9-10-11-12-13-14-16-20-22(27-20)19-23-21(28-23)17-15-18-24(25)26/h10-11,13-14,20-23H,2-9,12,15-19H2,1H3,(H,25,26). The maximum atomic E-state index is 10.5. The molecular formula is C24H40O4. The van der Waals surface area contributed by atoms with E-state index in [2.05, 4.69) is 31.2 Å². The number of aliphatic carboxylic acids is 1. The monoisotopic (exact) mass is 392 g/mol. The molecule has 2 aliphatic heterocycles.